The molecular formula is C11H17N7O2. The van der Waals surface area contributed by atoms with Crippen LogP contribution in [0.3, 0.4) is 0 Å². The Kier molecular flexibility index (Phi) is 4.41. The van der Waals surface area contributed by atoms with E-state index < -0.39 is 0 Å². The number of nitrogens with one attached hydrogen (secondary N) is 2. The lowest BCUT2D eigenvalue weighted by molar-refractivity contribution is -0.117. The molecule has 0 aliphatic rings. The molecular weight excluding hydrogens is 262 g/mol. The van der Waals surface area contributed by atoms with Crippen molar-refractivity contribution in [2.24, 2.45) is 0 Å². The Balaban J connectivity index is 1.90. The Labute approximate surface area is 115 Å². The molecule has 108 valence electrons. The van der Waals surface area contributed by atoms with Crippen molar-refractivity contribution in [1.82, 2.24) is 30.5 Å². The largest absolute Gasteiger partial charge is 0.408 e. The van der Waals surface area contributed by atoms with E-state index in [0.29, 0.717) is 12.4 Å². The van der Waals surface area contributed by atoms with Gasteiger partial charge in [0.1, 0.15) is 6.54 Å². The molecule has 0 aliphatic heterocycles. The Morgan fingerprint density at radius 1 is 1.40 bits per heavy atom. The van der Waals surface area contributed by atoms with Crippen molar-refractivity contribution < 1.29 is 9.21 Å². The van der Waals surface area contributed by atoms with Gasteiger partial charge in [0.05, 0.1) is 11.9 Å². The summed E-state index contributed by atoms with van der Waals surface area (Å²) in [4.78, 5) is 11.8. The second-order valence-electron chi connectivity index (χ2n) is 4.59. The Morgan fingerprint density at radius 2 is 2.20 bits per heavy atom. The maximum atomic E-state index is 11.8. The fraction of sp³-hybridized carbons (Fsp3) is 0.545. The van der Waals surface area contributed by atoms with Crippen LogP contribution in [0.2, 0.25) is 0 Å². The number of hydrogen-bond acceptors (Lipinski definition) is 7. The average molecular weight is 279 g/mol. The summed E-state index contributed by atoms with van der Waals surface area (Å²) in [5.41, 5.74) is 0.764. The van der Waals surface area contributed by atoms with Gasteiger partial charge in [-0.05, 0) is 7.05 Å². The Morgan fingerprint density at radius 3 is 2.85 bits per heavy atom. The number of rotatable bonds is 6. The highest BCUT2D eigenvalue weighted by Crippen LogP contribution is 2.14. The third-order valence-corrected chi connectivity index (χ3v) is 2.43. The quantitative estimate of drug-likeness (QED) is 0.773. The third kappa shape index (κ3) is 3.60. The van der Waals surface area contributed by atoms with E-state index in [9.17, 15) is 4.79 Å². The first kappa shape index (κ1) is 14.1. The molecule has 2 rings (SSSR count). The zero-order chi connectivity index (χ0) is 14.5. The molecule has 1 amide bonds. The fourth-order valence-corrected chi connectivity index (χ4v) is 1.50. The fourth-order valence-electron chi connectivity index (χ4n) is 1.50. The minimum Gasteiger partial charge on any atom is -0.408 e. The smallest absolute Gasteiger partial charge is 0.322 e. The molecule has 0 aromatic carbocycles. The number of carbonyl (C=O) groups excluding carboxylic acids is 1. The number of anilines is 1. The molecule has 2 aromatic rings. The molecule has 2 N–H and O–H groups in total. The van der Waals surface area contributed by atoms with Crippen LogP contribution in [0.4, 0.5) is 6.01 Å². The zero-order valence-electron chi connectivity index (χ0n) is 11.6. The molecule has 2 heterocycles. The van der Waals surface area contributed by atoms with Crippen LogP contribution < -0.4 is 10.6 Å². The van der Waals surface area contributed by atoms with Gasteiger partial charge in [0.15, 0.2) is 0 Å². The van der Waals surface area contributed by atoms with Gasteiger partial charge in [-0.15, -0.1) is 10.2 Å². The van der Waals surface area contributed by atoms with Gasteiger partial charge in [0.25, 0.3) is 0 Å². The summed E-state index contributed by atoms with van der Waals surface area (Å²) >= 11 is 0. The molecule has 0 bridgehead atoms. The van der Waals surface area contributed by atoms with Crippen molar-refractivity contribution in [3.8, 4) is 0 Å². The highest BCUT2D eigenvalue weighted by Gasteiger charge is 2.13. The van der Waals surface area contributed by atoms with Gasteiger partial charge in [0, 0.05) is 12.5 Å². The maximum absolute atomic E-state index is 11.8. The average Bonchev–Trinajstić information content (AvgIpc) is 2.99. The van der Waals surface area contributed by atoms with Gasteiger partial charge in [-0.3, -0.25) is 10.1 Å². The summed E-state index contributed by atoms with van der Waals surface area (Å²) in [6, 6.07) is 0.0919. The molecule has 0 saturated heterocycles. The van der Waals surface area contributed by atoms with E-state index in [0.717, 1.165) is 5.69 Å². The van der Waals surface area contributed by atoms with Crippen LogP contribution in [-0.2, 0) is 17.9 Å². The predicted molar refractivity (Wildman–Crippen MR) is 69.8 cm³/mol. The molecule has 0 radical (unpaired) electrons. The summed E-state index contributed by atoms with van der Waals surface area (Å²) < 4.78 is 6.73. The van der Waals surface area contributed by atoms with Crippen LogP contribution in [-0.4, -0.2) is 38.1 Å². The first-order valence-corrected chi connectivity index (χ1v) is 6.25. The van der Waals surface area contributed by atoms with Crippen molar-refractivity contribution in [3.63, 3.8) is 0 Å². The van der Waals surface area contributed by atoms with E-state index in [2.05, 4.69) is 31.1 Å². The lowest BCUT2D eigenvalue weighted by atomic mass is 10.2. The third-order valence-electron chi connectivity index (χ3n) is 2.43. The van der Waals surface area contributed by atoms with Crippen molar-refractivity contribution in [2.75, 3.05) is 12.4 Å². The Hall–Kier alpha value is -2.29. The molecule has 9 nitrogen and oxygen atoms in total. The van der Waals surface area contributed by atoms with Crippen LogP contribution in [0.25, 0.3) is 0 Å². The number of amides is 1. The van der Waals surface area contributed by atoms with Crippen LogP contribution in [0.15, 0.2) is 10.6 Å². The second-order valence-corrected chi connectivity index (χ2v) is 4.59. The first-order valence-electron chi connectivity index (χ1n) is 6.25. The highest BCUT2D eigenvalue weighted by atomic mass is 16.4. The molecule has 9 heteroatoms. The molecule has 20 heavy (non-hydrogen) atoms. The van der Waals surface area contributed by atoms with Gasteiger partial charge in [-0.1, -0.05) is 24.2 Å². The predicted octanol–water partition coefficient (Wildman–Crippen LogP) is 0.143. The van der Waals surface area contributed by atoms with Gasteiger partial charge < -0.3 is 9.73 Å². The first-order chi connectivity index (χ1) is 9.58. The summed E-state index contributed by atoms with van der Waals surface area (Å²) in [5, 5.41) is 20.8. The van der Waals surface area contributed by atoms with Gasteiger partial charge in [-0.25, -0.2) is 4.68 Å². The number of hydrogen-bond donors (Lipinski definition) is 2. The van der Waals surface area contributed by atoms with Crippen molar-refractivity contribution >= 4 is 11.9 Å². The molecule has 0 saturated carbocycles. The van der Waals surface area contributed by atoms with Gasteiger partial charge >= 0.3 is 6.01 Å². The Bertz CT molecular complexity index is 575. The van der Waals surface area contributed by atoms with E-state index >= 15 is 0 Å². The SMILES string of the molecule is CNCc1cn(CC(=O)Nc2nnc(C(C)C)o2)nn1. The normalized spacial score (nSPS) is 11.0. The summed E-state index contributed by atoms with van der Waals surface area (Å²) in [6.45, 7) is 4.49. The maximum Gasteiger partial charge on any atom is 0.322 e. The van der Waals surface area contributed by atoms with Gasteiger partial charge in [-0.2, -0.15) is 0 Å². The molecule has 2 aromatic heterocycles. The van der Waals surface area contributed by atoms with E-state index in [1.165, 1.54) is 4.68 Å². The molecule has 0 atom stereocenters. The number of aromatic nitrogens is 5. The lowest BCUT2D eigenvalue weighted by Gasteiger charge is -2.00. The minimum absolute atomic E-state index is 0.0378. The van der Waals surface area contributed by atoms with Crippen LogP contribution in [0.5, 0.6) is 0 Å². The topological polar surface area (TPSA) is 111 Å². The molecule has 0 unspecified atom stereocenters. The molecule has 0 spiro atoms. The molecule has 0 fully saturated rings. The summed E-state index contributed by atoms with van der Waals surface area (Å²) in [6.07, 6.45) is 1.70. The molecule has 0 aliphatic carbocycles. The second kappa shape index (κ2) is 6.24. The highest BCUT2D eigenvalue weighted by molar-refractivity contribution is 5.88. The van der Waals surface area contributed by atoms with Crippen LogP contribution in [0, 0.1) is 0 Å². The van der Waals surface area contributed by atoms with Crippen molar-refractivity contribution in [1.29, 1.82) is 0 Å². The van der Waals surface area contributed by atoms with E-state index in [-0.39, 0.29) is 24.4 Å². The van der Waals surface area contributed by atoms with Gasteiger partial charge in [0.2, 0.25) is 11.8 Å². The van der Waals surface area contributed by atoms with E-state index in [4.69, 9.17) is 4.42 Å². The lowest BCUT2D eigenvalue weighted by Crippen LogP contribution is -2.19. The van der Waals surface area contributed by atoms with Crippen molar-refractivity contribution in [3.05, 3.63) is 17.8 Å². The van der Waals surface area contributed by atoms with Crippen LogP contribution in [0.1, 0.15) is 31.4 Å². The summed E-state index contributed by atoms with van der Waals surface area (Å²) in [7, 11) is 1.81. The number of nitrogens with zero attached hydrogens (tertiary/aromatic N) is 5. The van der Waals surface area contributed by atoms with Crippen molar-refractivity contribution in [2.45, 2.75) is 32.9 Å². The van der Waals surface area contributed by atoms with Crippen LogP contribution >= 0.6 is 0 Å². The number of carbonyl (C=O) groups is 1. The minimum atomic E-state index is -0.301. The summed E-state index contributed by atoms with van der Waals surface area (Å²) in [5.74, 6) is 0.301. The monoisotopic (exact) mass is 279 g/mol. The van der Waals surface area contributed by atoms with E-state index in [1.807, 2.05) is 20.9 Å². The zero-order valence-corrected chi connectivity index (χ0v) is 11.6. The van der Waals surface area contributed by atoms with E-state index in [1.54, 1.807) is 6.20 Å². The standard InChI is InChI=1S/C11H17N7O2/c1-7(2)10-15-16-11(20-10)13-9(19)6-18-5-8(4-12-3)14-17-18/h5,7,12H,4,6H2,1-3H3,(H,13,16,19).